The van der Waals surface area contributed by atoms with Crippen LogP contribution in [0.2, 0.25) is 0 Å². The van der Waals surface area contributed by atoms with Crippen LogP contribution in [0.3, 0.4) is 0 Å². The standard InChI is InChI=1S/C46H41FN2O5/c47-38-18-10-17-34(43(38)52)41-32-19-20-33-40(45(54)49(44(33)53)31-21-23-48(24-22-31)27-28-11-4-1-5-12-28)36(32)25-37-42(51)35(29-13-6-2-7-14-29)26-39(50)46(37,41)30-15-8-3-9-16-30/h1-19,26,31,33,36-37,40-41,52H,20-25,27H2. The molecule has 5 aliphatic rings. The van der Waals surface area contributed by atoms with Crippen molar-refractivity contribution < 1.29 is 28.7 Å². The largest absolute Gasteiger partial charge is 0.505 e. The number of hydrogen-bond acceptors (Lipinski definition) is 6. The molecule has 3 fully saturated rings. The molecule has 6 unspecified atom stereocenters. The van der Waals surface area contributed by atoms with Crippen molar-refractivity contribution in [2.75, 3.05) is 13.1 Å². The van der Waals surface area contributed by atoms with Crippen LogP contribution in [0.15, 0.2) is 127 Å². The van der Waals surface area contributed by atoms with Crippen LogP contribution in [0, 0.1) is 29.5 Å². The Hall–Kier alpha value is -5.47. The number of allylic oxidation sites excluding steroid dienone is 4. The molecule has 272 valence electrons. The molecule has 4 aromatic carbocycles. The molecular weight excluding hydrogens is 680 g/mol. The fourth-order valence-corrected chi connectivity index (χ4v) is 10.5. The first-order valence-electron chi connectivity index (χ1n) is 19.0. The summed E-state index contributed by atoms with van der Waals surface area (Å²) in [6.07, 6.45) is 5.16. The third-order valence-electron chi connectivity index (χ3n) is 12.9. The molecule has 2 heterocycles. The van der Waals surface area contributed by atoms with Crippen LogP contribution in [-0.4, -0.2) is 57.4 Å². The fraction of sp³-hybridized carbons (Fsp3) is 0.304. The predicted octanol–water partition coefficient (Wildman–Crippen LogP) is 7.02. The molecule has 7 nitrogen and oxygen atoms in total. The third kappa shape index (κ3) is 5.25. The van der Waals surface area contributed by atoms with E-state index in [9.17, 15) is 14.7 Å². The number of rotatable bonds is 6. The molecule has 2 saturated heterocycles. The van der Waals surface area contributed by atoms with E-state index in [2.05, 4.69) is 17.0 Å². The van der Waals surface area contributed by atoms with Gasteiger partial charge in [-0.05, 0) is 60.4 Å². The van der Waals surface area contributed by atoms with Gasteiger partial charge in [0, 0.05) is 48.6 Å². The maximum atomic E-state index is 15.4. The van der Waals surface area contributed by atoms with Crippen molar-refractivity contribution in [3.63, 3.8) is 0 Å². The van der Waals surface area contributed by atoms with Crippen LogP contribution in [0.4, 0.5) is 4.39 Å². The van der Waals surface area contributed by atoms with E-state index in [1.54, 1.807) is 18.2 Å². The van der Waals surface area contributed by atoms with E-state index in [1.165, 1.54) is 28.7 Å². The highest BCUT2D eigenvalue weighted by Gasteiger charge is 2.66. The first kappa shape index (κ1) is 34.3. The molecule has 0 aromatic heterocycles. The Kier molecular flexibility index (Phi) is 8.53. The molecule has 6 atom stereocenters. The number of halogens is 1. The van der Waals surface area contributed by atoms with Gasteiger partial charge in [-0.25, -0.2) is 4.39 Å². The number of nitrogens with zero attached hydrogens (tertiary/aromatic N) is 2. The van der Waals surface area contributed by atoms with Gasteiger partial charge in [0.15, 0.2) is 23.1 Å². The Balaban J connectivity index is 1.13. The summed E-state index contributed by atoms with van der Waals surface area (Å²) < 4.78 is 15.4. The van der Waals surface area contributed by atoms with Crippen molar-refractivity contribution >= 4 is 29.0 Å². The fourth-order valence-electron chi connectivity index (χ4n) is 10.5. The van der Waals surface area contributed by atoms with Crippen LogP contribution >= 0.6 is 0 Å². The minimum atomic E-state index is -1.53. The summed E-state index contributed by atoms with van der Waals surface area (Å²) in [6, 6.07) is 32.5. The summed E-state index contributed by atoms with van der Waals surface area (Å²) in [6.45, 7) is 2.32. The second-order valence-corrected chi connectivity index (χ2v) is 15.5. The minimum absolute atomic E-state index is 0.158. The first-order valence-corrected chi connectivity index (χ1v) is 19.0. The number of amides is 2. The molecule has 1 N–H and O–H groups in total. The zero-order valence-corrected chi connectivity index (χ0v) is 29.8. The molecule has 0 radical (unpaired) electrons. The third-order valence-corrected chi connectivity index (χ3v) is 12.9. The van der Waals surface area contributed by atoms with Gasteiger partial charge in [-0.1, -0.05) is 115 Å². The summed E-state index contributed by atoms with van der Waals surface area (Å²) in [4.78, 5) is 63.1. The van der Waals surface area contributed by atoms with Gasteiger partial charge in [-0.15, -0.1) is 0 Å². The Morgan fingerprint density at radius 3 is 2.13 bits per heavy atom. The number of Topliss-reactive ketones (excluding diaryl/α,β-unsaturated/α-hetero) is 1. The average Bonchev–Trinajstić information content (AvgIpc) is 3.46. The number of carbonyl (C=O) groups is 4. The highest BCUT2D eigenvalue weighted by atomic mass is 19.1. The number of ketones is 2. The predicted molar refractivity (Wildman–Crippen MR) is 201 cm³/mol. The summed E-state index contributed by atoms with van der Waals surface area (Å²) in [5.74, 6) is -6.23. The van der Waals surface area contributed by atoms with E-state index in [1.807, 2.05) is 72.8 Å². The number of benzene rings is 4. The summed E-state index contributed by atoms with van der Waals surface area (Å²) in [5, 5.41) is 11.4. The van der Waals surface area contributed by atoms with Gasteiger partial charge in [0.05, 0.1) is 17.3 Å². The van der Waals surface area contributed by atoms with E-state index in [-0.39, 0.29) is 53.4 Å². The first-order chi connectivity index (χ1) is 26.3. The number of imide groups is 1. The molecule has 0 bridgehead atoms. The van der Waals surface area contributed by atoms with Crippen molar-refractivity contribution in [2.24, 2.45) is 23.7 Å². The zero-order valence-electron chi connectivity index (χ0n) is 29.8. The summed E-state index contributed by atoms with van der Waals surface area (Å²) >= 11 is 0. The molecule has 54 heavy (non-hydrogen) atoms. The topological polar surface area (TPSA) is 95.0 Å². The quantitative estimate of drug-likeness (QED) is 0.170. The lowest BCUT2D eigenvalue weighted by Crippen LogP contribution is -2.59. The van der Waals surface area contributed by atoms with Crippen LogP contribution < -0.4 is 0 Å². The van der Waals surface area contributed by atoms with E-state index < -0.39 is 46.6 Å². The van der Waals surface area contributed by atoms with Gasteiger partial charge in [0.25, 0.3) is 0 Å². The normalized spacial score (nSPS) is 28.6. The second kappa shape index (κ2) is 13.4. The highest BCUT2D eigenvalue weighted by molar-refractivity contribution is 6.31. The van der Waals surface area contributed by atoms with E-state index in [4.69, 9.17) is 0 Å². The van der Waals surface area contributed by atoms with Crippen LogP contribution in [0.5, 0.6) is 5.75 Å². The number of para-hydroxylation sites is 1. The number of phenolic OH excluding ortho intramolecular Hbond substituents is 1. The lowest BCUT2D eigenvalue weighted by Gasteiger charge is -2.55. The van der Waals surface area contributed by atoms with E-state index in [0.29, 0.717) is 29.5 Å². The van der Waals surface area contributed by atoms with Crippen molar-refractivity contribution in [3.8, 4) is 5.75 Å². The SMILES string of the molecule is O=C1C(c2ccccc2)=CC(=O)C2(c3ccccc3)C1CC1C(=CCC3C(=O)N(C4CCN(Cc5ccccc5)CC4)C(=O)C31)C2c1cccc(F)c1O. The number of piperidine rings is 1. The van der Waals surface area contributed by atoms with Gasteiger partial charge in [0.2, 0.25) is 11.8 Å². The molecule has 8 heteroatoms. The summed E-state index contributed by atoms with van der Waals surface area (Å²) in [7, 11) is 0. The number of fused-ring (bicyclic) bond motifs is 4. The van der Waals surface area contributed by atoms with Crippen molar-refractivity contribution in [3.05, 3.63) is 155 Å². The van der Waals surface area contributed by atoms with Crippen molar-refractivity contribution in [1.29, 1.82) is 0 Å². The van der Waals surface area contributed by atoms with Gasteiger partial charge >= 0.3 is 0 Å². The number of carbonyl (C=O) groups excluding carboxylic acids is 4. The lowest BCUT2D eigenvalue weighted by atomic mass is 9.44. The van der Waals surface area contributed by atoms with Crippen LogP contribution in [0.25, 0.3) is 5.57 Å². The van der Waals surface area contributed by atoms with Crippen LogP contribution in [0.1, 0.15) is 53.9 Å². The lowest BCUT2D eigenvalue weighted by molar-refractivity contribution is -0.144. The number of aromatic hydroxyl groups is 1. The van der Waals surface area contributed by atoms with E-state index >= 15 is 14.0 Å². The number of likely N-dealkylation sites (tertiary alicyclic amines) is 2. The van der Waals surface area contributed by atoms with Gasteiger partial charge in [0.1, 0.15) is 0 Å². The minimum Gasteiger partial charge on any atom is -0.505 e. The smallest absolute Gasteiger partial charge is 0.233 e. The molecule has 2 aliphatic heterocycles. The Labute approximate surface area is 313 Å². The number of phenols is 1. The van der Waals surface area contributed by atoms with Crippen LogP contribution in [-0.2, 0) is 31.1 Å². The van der Waals surface area contributed by atoms with Gasteiger partial charge in [-0.3, -0.25) is 29.0 Å². The highest BCUT2D eigenvalue weighted by Crippen LogP contribution is 2.64. The molecule has 9 rings (SSSR count). The Morgan fingerprint density at radius 1 is 0.759 bits per heavy atom. The molecular formula is C46H41FN2O5. The molecule has 3 aliphatic carbocycles. The van der Waals surface area contributed by atoms with E-state index in [0.717, 1.165) is 19.6 Å². The average molecular weight is 721 g/mol. The molecule has 1 saturated carbocycles. The molecule has 0 spiro atoms. The maximum absolute atomic E-state index is 15.4. The Bertz CT molecular complexity index is 2210. The molecule has 2 amide bonds. The zero-order chi connectivity index (χ0) is 37.1. The monoisotopic (exact) mass is 720 g/mol. The van der Waals surface area contributed by atoms with Gasteiger partial charge < -0.3 is 5.11 Å². The maximum Gasteiger partial charge on any atom is 0.233 e. The second-order valence-electron chi connectivity index (χ2n) is 15.5. The van der Waals surface area contributed by atoms with Gasteiger partial charge in [-0.2, -0.15) is 0 Å². The molecule has 4 aromatic rings. The number of hydrogen-bond donors (Lipinski definition) is 1. The van der Waals surface area contributed by atoms with Crippen molar-refractivity contribution in [1.82, 2.24) is 9.80 Å². The summed E-state index contributed by atoms with van der Waals surface area (Å²) in [5.41, 5.74) is 2.07. The Morgan fingerprint density at radius 2 is 1.43 bits per heavy atom. The van der Waals surface area contributed by atoms with Crippen molar-refractivity contribution in [2.45, 2.75) is 49.6 Å².